The number of furan rings is 2. The molecule has 2 aromatic heterocycles. The average Bonchev–Trinajstić information content (AvgIpc) is 1.61. The molecule has 4 heteroatoms. The largest absolute Gasteiger partial charge is 0.455 e. The van der Waals surface area contributed by atoms with Gasteiger partial charge in [-0.25, -0.2) is 0 Å². The van der Waals surface area contributed by atoms with Crippen molar-refractivity contribution in [3.8, 4) is 89.0 Å². The van der Waals surface area contributed by atoms with E-state index < -0.39 is 0 Å². The molecule has 0 aliphatic carbocycles. The van der Waals surface area contributed by atoms with Crippen molar-refractivity contribution in [1.82, 2.24) is 0 Å². The Morgan fingerprint density at radius 1 is 0.143 bits per heavy atom. The summed E-state index contributed by atoms with van der Waals surface area (Å²) in [4.78, 5) is 4.69. The van der Waals surface area contributed by atoms with E-state index in [1.165, 1.54) is 76.8 Å². The highest BCUT2D eigenvalue weighted by Gasteiger charge is 2.22. The lowest BCUT2D eigenvalue weighted by Crippen LogP contribution is -2.10. The van der Waals surface area contributed by atoms with Gasteiger partial charge in [0.2, 0.25) is 0 Å². The van der Waals surface area contributed by atoms with E-state index in [1.54, 1.807) is 0 Å². The third-order valence-corrected chi connectivity index (χ3v) is 22.0. The third kappa shape index (κ3) is 12.5. The fraction of sp³-hybridized carbons (Fsp3) is 0. The molecule has 0 bridgehead atoms. The van der Waals surface area contributed by atoms with E-state index in [4.69, 9.17) is 8.83 Å². The molecule has 526 valence electrons. The second kappa shape index (κ2) is 29.0. The van der Waals surface area contributed by atoms with E-state index in [2.05, 4.69) is 441 Å². The summed E-state index contributed by atoms with van der Waals surface area (Å²) in [5, 5.41) is 11.8. The first-order valence-electron chi connectivity index (χ1n) is 38.3. The van der Waals surface area contributed by atoms with Crippen LogP contribution in [0.5, 0.6) is 0 Å². The SMILES string of the molecule is c1ccc(-c2cccc3c2oc2c(-c4cccc(-c5ccc(-c6ccc(N(c7ccccc7)c7cccc8ccccc78)cc6)cc5)c4)cccc23)cc1.c1ccc(N(c2ccc(-c3ccc(-c4cccc(-c5cccc6c5oc5c(-c7cccc8ccccc78)cccc56)c4)cc3)cc2)c2cccc3ccccc23)cc1. The number of nitrogens with zero attached hydrogens (tertiary/aromatic N) is 2. The zero-order chi connectivity index (χ0) is 74.3. The number of rotatable bonds is 14. The molecule has 19 aromatic carbocycles. The Morgan fingerprint density at radius 2 is 0.393 bits per heavy atom. The van der Waals surface area contributed by atoms with Crippen molar-refractivity contribution in [3.63, 3.8) is 0 Å². The maximum Gasteiger partial charge on any atom is 0.143 e. The van der Waals surface area contributed by atoms with Crippen molar-refractivity contribution < 1.29 is 8.83 Å². The highest BCUT2D eigenvalue weighted by Crippen LogP contribution is 2.47. The number of anilines is 6. The summed E-state index contributed by atoms with van der Waals surface area (Å²) in [6.07, 6.45) is 0. The van der Waals surface area contributed by atoms with E-state index in [-0.39, 0.29) is 0 Å². The van der Waals surface area contributed by atoms with E-state index in [9.17, 15) is 0 Å². The predicted molar refractivity (Wildman–Crippen MR) is 473 cm³/mol. The van der Waals surface area contributed by atoms with Crippen LogP contribution in [0.1, 0.15) is 0 Å². The molecule has 2 heterocycles. The molecule has 0 atom stereocenters. The minimum Gasteiger partial charge on any atom is -0.455 e. The lowest BCUT2D eigenvalue weighted by molar-refractivity contribution is 0.670. The predicted octanol–water partition coefficient (Wildman–Crippen LogP) is 30.9. The second-order valence-corrected chi connectivity index (χ2v) is 28.6. The number of hydrogen-bond acceptors (Lipinski definition) is 4. The molecular formula is C108H72N2O2. The summed E-state index contributed by atoms with van der Waals surface area (Å²) in [7, 11) is 0. The highest BCUT2D eigenvalue weighted by molar-refractivity contribution is 6.16. The maximum absolute atomic E-state index is 6.87. The zero-order valence-electron chi connectivity index (χ0n) is 61.3. The van der Waals surface area contributed by atoms with Gasteiger partial charge in [0, 0.05) is 77.3 Å². The Morgan fingerprint density at radius 3 is 0.812 bits per heavy atom. The summed E-state index contributed by atoms with van der Waals surface area (Å²) in [6, 6.07) is 156. The van der Waals surface area contributed by atoms with Gasteiger partial charge in [0.15, 0.2) is 0 Å². The molecule has 0 saturated heterocycles. The number of benzene rings is 19. The maximum atomic E-state index is 6.87. The Balaban J connectivity index is 0.000000146. The first-order chi connectivity index (χ1) is 55.5. The van der Waals surface area contributed by atoms with Crippen molar-refractivity contribution in [1.29, 1.82) is 0 Å². The summed E-state index contributed by atoms with van der Waals surface area (Å²) in [5.41, 5.74) is 28.8. The molecule has 0 radical (unpaired) electrons. The van der Waals surface area contributed by atoms with E-state index in [1.807, 2.05) is 6.07 Å². The van der Waals surface area contributed by atoms with Crippen LogP contribution in [0.2, 0.25) is 0 Å². The molecule has 112 heavy (non-hydrogen) atoms. The van der Waals surface area contributed by atoms with Crippen LogP contribution in [0.3, 0.4) is 0 Å². The number of fused-ring (bicyclic) bond motifs is 9. The van der Waals surface area contributed by atoms with Crippen molar-refractivity contribution in [3.05, 3.63) is 437 Å². The van der Waals surface area contributed by atoms with Gasteiger partial charge in [-0.3, -0.25) is 0 Å². The molecule has 0 saturated carbocycles. The molecule has 0 unspecified atom stereocenters. The van der Waals surface area contributed by atoms with Gasteiger partial charge in [0.25, 0.3) is 0 Å². The molecular weight excluding hydrogens is 1360 g/mol. The fourth-order valence-electron chi connectivity index (χ4n) is 16.5. The van der Waals surface area contributed by atoms with Gasteiger partial charge >= 0.3 is 0 Å². The molecule has 0 aliphatic rings. The number of hydrogen-bond donors (Lipinski definition) is 0. The monoisotopic (exact) mass is 1430 g/mol. The van der Waals surface area contributed by atoms with Gasteiger partial charge in [-0.2, -0.15) is 0 Å². The summed E-state index contributed by atoms with van der Waals surface area (Å²) in [6.45, 7) is 0. The van der Waals surface area contributed by atoms with E-state index in [0.29, 0.717) is 0 Å². The van der Waals surface area contributed by atoms with Crippen LogP contribution in [0.25, 0.3) is 165 Å². The van der Waals surface area contributed by atoms with Crippen LogP contribution >= 0.6 is 0 Å². The molecule has 0 spiro atoms. The van der Waals surface area contributed by atoms with Crippen LogP contribution in [0.4, 0.5) is 34.1 Å². The molecule has 0 amide bonds. The van der Waals surface area contributed by atoms with Crippen molar-refractivity contribution in [2.24, 2.45) is 0 Å². The van der Waals surface area contributed by atoms with Crippen molar-refractivity contribution in [2.45, 2.75) is 0 Å². The second-order valence-electron chi connectivity index (χ2n) is 28.6. The first kappa shape index (κ1) is 66.6. The minimum absolute atomic E-state index is 0.910. The molecule has 0 fully saturated rings. The normalized spacial score (nSPS) is 11.4. The Bertz CT molecular complexity index is 7010. The van der Waals surface area contributed by atoms with Crippen molar-refractivity contribution >= 4 is 110 Å². The summed E-state index contributed by atoms with van der Waals surface area (Å²) in [5.74, 6) is 0. The summed E-state index contributed by atoms with van der Waals surface area (Å²) >= 11 is 0. The first-order valence-corrected chi connectivity index (χ1v) is 38.3. The highest BCUT2D eigenvalue weighted by atomic mass is 16.3. The minimum atomic E-state index is 0.910. The zero-order valence-corrected chi connectivity index (χ0v) is 61.3. The molecule has 0 N–H and O–H groups in total. The van der Waals surface area contributed by atoms with Crippen LogP contribution in [0.15, 0.2) is 446 Å². The van der Waals surface area contributed by atoms with Crippen LogP contribution in [-0.4, -0.2) is 0 Å². The average molecular weight is 1430 g/mol. The van der Waals surface area contributed by atoms with Gasteiger partial charge in [-0.05, 0) is 161 Å². The van der Waals surface area contributed by atoms with Gasteiger partial charge < -0.3 is 18.6 Å². The molecule has 21 aromatic rings. The van der Waals surface area contributed by atoms with Crippen molar-refractivity contribution in [2.75, 3.05) is 9.80 Å². The lowest BCUT2D eigenvalue weighted by Gasteiger charge is -2.27. The van der Waals surface area contributed by atoms with Crippen LogP contribution in [-0.2, 0) is 0 Å². The van der Waals surface area contributed by atoms with Crippen LogP contribution in [0, 0.1) is 0 Å². The Labute approximate surface area is 650 Å². The molecule has 4 nitrogen and oxygen atoms in total. The summed E-state index contributed by atoms with van der Waals surface area (Å²) < 4.78 is 13.6. The Hall–Kier alpha value is -14.8. The lowest BCUT2D eigenvalue weighted by atomic mass is 9.95. The molecule has 0 aliphatic heterocycles. The quantitative estimate of drug-likeness (QED) is 0.109. The topological polar surface area (TPSA) is 32.8 Å². The fourth-order valence-corrected chi connectivity index (χ4v) is 16.5. The molecule has 21 rings (SSSR count). The third-order valence-electron chi connectivity index (χ3n) is 22.0. The standard InChI is InChI=1S/C56H37NO.C52H35NO/c1-2-19-45(20-3-1)57(54-28-10-16-42-14-5-7-22-48(42)54)46-35-33-39(34-36-46)38-29-31-40(32-30-38)43-17-8-18-44(37-43)49-23-11-26-52-53-27-12-25-51(56(53)58-55(49)52)50-24-9-15-41-13-4-6-21-47(41)50;1-3-13-40(14-4-1)46-22-11-24-48-49-25-12-23-47(52(49)54-51(46)48)42-18-9-17-41(35-42)38-29-27-36(28-30-38)37-31-33-44(34-32-37)53(43-19-5-2-6-20-43)50-26-10-16-39-15-7-8-21-45(39)50/h1-37H;1-35H. The van der Waals surface area contributed by atoms with E-state index >= 15 is 0 Å². The Kier molecular flexibility index (Phi) is 17.3. The van der Waals surface area contributed by atoms with Gasteiger partial charge in [-0.15, -0.1) is 0 Å². The van der Waals surface area contributed by atoms with Gasteiger partial charge in [-0.1, -0.05) is 364 Å². The van der Waals surface area contributed by atoms with Gasteiger partial charge in [0.1, 0.15) is 22.3 Å². The van der Waals surface area contributed by atoms with E-state index in [0.717, 1.165) is 123 Å². The van der Waals surface area contributed by atoms with Crippen LogP contribution < -0.4 is 9.80 Å². The van der Waals surface area contributed by atoms with Gasteiger partial charge in [0.05, 0.1) is 11.4 Å². The number of para-hydroxylation sites is 6. The smallest absolute Gasteiger partial charge is 0.143 e.